The molecule has 0 spiro atoms. The van der Waals surface area contributed by atoms with Crippen molar-refractivity contribution in [3.8, 4) is 0 Å². The molecular weight excluding hydrogens is 486 g/mol. The summed E-state index contributed by atoms with van der Waals surface area (Å²) in [6.07, 6.45) is 1.17. The van der Waals surface area contributed by atoms with Gasteiger partial charge in [0.05, 0.1) is 11.4 Å². The summed E-state index contributed by atoms with van der Waals surface area (Å²) in [5.41, 5.74) is 1.96. The maximum Gasteiger partial charge on any atom is 0.243 e. The molecule has 7 nitrogen and oxygen atoms in total. The van der Waals surface area contributed by atoms with Crippen molar-refractivity contribution >= 4 is 32.6 Å². The molecular formula is C29H37N3O4S. The first-order valence-corrected chi connectivity index (χ1v) is 14.1. The zero-order valence-electron chi connectivity index (χ0n) is 22.3. The van der Waals surface area contributed by atoms with E-state index in [0.29, 0.717) is 6.42 Å². The van der Waals surface area contributed by atoms with Gasteiger partial charge in [0.15, 0.2) is 0 Å². The Labute approximate surface area is 220 Å². The molecule has 0 aliphatic carbocycles. The summed E-state index contributed by atoms with van der Waals surface area (Å²) >= 11 is 0. The summed E-state index contributed by atoms with van der Waals surface area (Å²) in [5.74, 6) is -0.670. The van der Waals surface area contributed by atoms with E-state index in [1.807, 2.05) is 76.2 Å². The van der Waals surface area contributed by atoms with Gasteiger partial charge in [0.2, 0.25) is 21.8 Å². The highest BCUT2D eigenvalue weighted by Gasteiger charge is 2.32. The molecule has 3 aromatic carbocycles. The number of benzene rings is 3. The molecule has 0 saturated carbocycles. The quantitative estimate of drug-likeness (QED) is 0.401. The maximum absolute atomic E-state index is 13.6. The first-order chi connectivity index (χ1) is 17.6. The Morgan fingerprint density at radius 1 is 0.919 bits per heavy atom. The number of hydrogen-bond donors (Lipinski definition) is 1. The van der Waals surface area contributed by atoms with E-state index in [0.717, 1.165) is 32.6 Å². The predicted molar refractivity (Wildman–Crippen MR) is 147 cm³/mol. The molecule has 3 rings (SSSR count). The van der Waals surface area contributed by atoms with Crippen molar-refractivity contribution in [2.24, 2.45) is 0 Å². The largest absolute Gasteiger partial charge is 0.352 e. The number of carbonyl (C=O) groups excluding carboxylic acids is 2. The zero-order chi connectivity index (χ0) is 27.2. The number of carbonyl (C=O) groups is 2. The van der Waals surface area contributed by atoms with Crippen LogP contribution in [0.2, 0.25) is 0 Å². The second-order valence-corrected chi connectivity index (χ2v) is 11.6. The van der Waals surface area contributed by atoms with E-state index < -0.39 is 22.0 Å². The van der Waals surface area contributed by atoms with Crippen LogP contribution in [-0.4, -0.2) is 55.1 Å². The van der Waals surface area contributed by atoms with Crippen molar-refractivity contribution in [3.63, 3.8) is 0 Å². The van der Waals surface area contributed by atoms with Gasteiger partial charge in [-0.3, -0.25) is 9.59 Å². The van der Waals surface area contributed by atoms with Crippen molar-refractivity contribution < 1.29 is 18.0 Å². The second kappa shape index (κ2) is 12.3. The van der Waals surface area contributed by atoms with Crippen LogP contribution in [0.3, 0.4) is 0 Å². The van der Waals surface area contributed by atoms with Gasteiger partial charge in [0, 0.05) is 19.6 Å². The minimum Gasteiger partial charge on any atom is -0.352 e. The van der Waals surface area contributed by atoms with Gasteiger partial charge in [-0.1, -0.05) is 74.0 Å². The topological polar surface area (TPSA) is 86.8 Å². The van der Waals surface area contributed by atoms with E-state index >= 15 is 0 Å². The number of rotatable bonds is 11. The van der Waals surface area contributed by atoms with Crippen molar-refractivity contribution in [2.75, 3.05) is 13.6 Å². The van der Waals surface area contributed by atoms with Crippen molar-refractivity contribution in [1.29, 1.82) is 0 Å². The Bertz CT molecular complexity index is 1340. The van der Waals surface area contributed by atoms with Crippen LogP contribution in [0.5, 0.6) is 0 Å². The van der Waals surface area contributed by atoms with Crippen LogP contribution >= 0.6 is 0 Å². The summed E-state index contributed by atoms with van der Waals surface area (Å²) in [4.78, 5) is 28.4. The van der Waals surface area contributed by atoms with Crippen LogP contribution in [0.1, 0.15) is 44.7 Å². The Morgan fingerprint density at radius 3 is 2.19 bits per heavy atom. The van der Waals surface area contributed by atoms with Gasteiger partial charge in [-0.2, -0.15) is 4.31 Å². The molecule has 3 aromatic rings. The SMILES string of the molecule is CC[C@@H](C)NC(=O)[C@@H](CC)N(Cc1ccc(C)cc1)C(=O)CN(C)S(=O)(=O)c1ccc2ccccc2c1. The number of nitrogens with zero attached hydrogens (tertiary/aromatic N) is 2. The van der Waals surface area contributed by atoms with Gasteiger partial charge in [-0.15, -0.1) is 0 Å². The first-order valence-electron chi connectivity index (χ1n) is 12.7. The molecule has 0 aromatic heterocycles. The van der Waals surface area contributed by atoms with E-state index in [4.69, 9.17) is 0 Å². The van der Waals surface area contributed by atoms with E-state index in [9.17, 15) is 18.0 Å². The Balaban J connectivity index is 1.88. The molecule has 8 heteroatoms. The average molecular weight is 524 g/mol. The van der Waals surface area contributed by atoms with Crippen LogP contribution in [-0.2, 0) is 26.2 Å². The summed E-state index contributed by atoms with van der Waals surface area (Å²) in [5, 5.41) is 4.71. The highest BCUT2D eigenvalue weighted by atomic mass is 32.2. The van der Waals surface area contributed by atoms with Crippen LogP contribution in [0, 0.1) is 6.92 Å². The minimum atomic E-state index is -3.93. The minimum absolute atomic E-state index is 0.0335. The van der Waals surface area contributed by atoms with E-state index in [2.05, 4.69) is 5.32 Å². The fourth-order valence-electron chi connectivity index (χ4n) is 4.12. The summed E-state index contributed by atoms with van der Waals surface area (Å²) in [6.45, 7) is 7.55. The fourth-order valence-corrected chi connectivity index (χ4v) is 5.28. The summed E-state index contributed by atoms with van der Waals surface area (Å²) < 4.78 is 27.8. The molecule has 0 saturated heterocycles. The van der Waals surface area contributed by atoms with Gasteiger partial charge < -0.3 is 10.2 Å². The van der Waals surface area contributed by atoms with E-state index in [1.54, 1.807) is 18.2 Å². The van der Waals surface area contributed by atoms with Gasteiger partial charge in [-0.25, -0.2) is 8.42 Å². The smallest absolute Gasteiger partial charge is 0.243 e. The predicted octanol–water partition coefficient (Wildman–Crippen LogP) is 4.49. The molecule has 37 heavy (non-hydrogen) atoms. The highest BCUT2D eigenvalue weighted by Crippen LogP contribution is 2.22. The monoisotopic (exact) mass is 523 g/mol. The standard InChI is InChI=1S/C29H37N3O4S/c1-6-22(4)30-29(34)27(7-2)32(19-23-14-12-21(3)13-15-23)28(33)20-31(5)37(35,36)26-17-16-24-10-8-9-11-25(24)18-26/h8-18,22,27H,6-7,19-20H2,1-5H3,(H,30,34)/t22-,27-/m1/s1. The van der Waals surface area contributed by atoms with Crippen LogP contribution in [0.15, 0.2) is 71.6 Å². The lowest BCUT2D eigenvalue weighted by atomic mass is 10.1. The van der Waals surface area contributed by atoms with Crippen LogP contribution in [0.4, 0.5) is 0 Å². The molecule has 0 heterocycles. The lowest BCUT2D eigenvalue weighted by molar-refractivity contribution is -0.141. The Hall–Kier alpha value is -3.23. The fraction of sp³-hybridized carbons (Fsp3) is 0.379. The van der Waals surface area contributed by atoms with Crippen LogP contribution < -0.4 is 5.32 Å². The summed E-state index contributed by atoms with van der Waals surface area (Å²) in [7, 11) is -2.53. The number of amides is 2. The molecule has 198 valence electrons. The molecule has 2 amide bonds. The number of aryl methyl sites for hydroxylation is 1. The van der Waals surface area contributed by atoms with E-state index in [1.165, 1.54) is 11.9 Å². The zero-order valence-corrected chi connectivity index (χ0v) is 23.1. The normalized spacial score (nSPS) is 13.4. The maximum atomic E-state index is 13.6. The number of nitrogens with one attached hydrogen (secondary N) is 1. The van der Waals surface area contributed by atoms with Gasteiger partial charge in [0.1, 0.15) is 6.04 Å². The molecule has 0 bridgehead atoms. The Kier molecular flexibility index (Phi) is 9.45. The lowest BCUT2D eigenvalue weighted by Gasteiger charge is -2.32. The second-order valence-electron chi connectivity index (χ2n) is 9.52. The third-order valence-electron chi connectivity index (χ3n) is 6.65. The molecule has 0 fully saturated rings. The molecule has 0 radical (unpaired) electrons. The van der Waals surface area contributed by atoms with E-state index in [-0.39, 0.29) is 29.9 Å². The Morgan fingerprint density at radius 2 is 1.57 bits per heavy atom. The first kappa shape index (κ1) is 28.3. The number of fused-ring (bicyclic) bond motifs is 1. The third-order valence-corrected chi connectivity index (χ3v) is 8.45. The van der Waals surface area contributed by atoms with Gasteiger partial charge >= 0.3 is 0 Å². The molecule has 1 N–H and O–H groups in total. The molecule has 2 atom stereocenters. The molecule has 0 unspecified atom stereocenters. The van der Waals surface area contributed by atoms with Gasteiger partial charge in [0.25, 0.3) is 0 Å². The van der Waals surface area contributed by atoms with Crippen molar-refractivity contribution in [3.05, 3.63) is 77.9 Å². The van der Waals surface area contributed by atoms with Crippen molar-refractivity contribution in [1.82, 2.24) is 14.5 Å². The van der Waals surface area contributed by atoms with Gasteiger partial charge in [-0.05, 0) is 55.2 Å². The number of hydrogen-bond acceptors (Lipinski definition) is 4. The third kappa shape index (κ3) is 6.96. The highest BCUT2D eigenvalue weighted by molar-refractivity contribution is 7.89. The lowest BCUT2D eigenvalue weighted by Crippen LogP contribution is -2.53. The number of likely N-dealkylation sites (N-methyl/N-ethyl adjacent to an activating group) is 1. The number of sulfonamides is 1. The molecule has 0 aliphatic heterocycles. The van der Waals surface area contributed by atoms with Crippen molar-refractivity contribution in [2.45, 2.75) is 64.1 Å². The molecule has 0 aliphatic rings. The summed E-state index contributed by atoms with van der Waals surface area (Å²) in [6, 6.07) is 19.4. The van der Waals surface area contributed by atoms with Crippen LogP contribution in [0.25, 0.3) is 10.8 Å². The average Bonchev–Trinajstić information content (AvgIpc) is 2.89.